The van der Waals surface area contributed by atoms with Gasteiger partial charge in [0.05, 0.1) is 24.5 Å². The Bertz CT molecular complexity index is 1060. The highest BCUT2D eigenvalue weighted by atomic mass is 16.5. The van der Waals surface area contributed by atoms with E-state index >= 15 is 0 Å². The van der Waals surface area contributed by atoms with Crippen molar-refractivity contribution in [3.63, 3.8) is 0 Å². The Hall–Kier alpha value is -3.14. The number of hydrogen-bond acceptors (Lipinski definition) is 8. The molecule has 162 valence electrons. The summed E-state index contributed by atoms with van der Waals surface area (Å²) in [7, 11) is 0. The Morgan fingerprint density at radius 3 is 2.61 bits per heavy atom. The summed E-state index contributed by atoms with van der Waals surface area (Å²) in [4.78, 5) is 27.8. The van der Waals surface area contributed by atoms with Gasteiger partial charge in [0.1, 0.15) is 17.4 Å². The minimum atomic E-state index is -0.561. The average molecular weight is 422 g/mol. The first-order valence-electron chi connectivity index (χ1n) is 10.4. The largest absolute Gasteiger partial charge is 0.379 e. The number of nitrogens with one attached hydrogen (secondary N) is 1. The quantitative estimate of drug-likeness (QED) is 0.521. The van der Waals surface area contributed by atoms with Gasteiger partial charge in [-0.25, -0.2) is 15.0 Å². The molecule has 1 aromatic carbocycles. The van der Waals surface area contributed by atoms with E-state index in [1.165, 1.54) is 11.9 Å². The van der Waals surface area contributed by atoms with Crippen molar-refractivity contribution in [2.45, 2.75) is 19.5 Å². The first kappa shape index (κ1) is 21.1. The van der Waals surface area contributed by atoms with E-state index in [-0.39, 0.29) is 6.04 Å². The number of nitrogens with two attached hydrogens (primary N) is 2. The molecule has 2 aromatic heterocycles. The number of hydrogen-bond donors (Lipinski definition) is 3. The molecule has 1 aliphatic rings. The van der Waals surface area contributed by atoms with Crippen LogP contribution < -0.4 is 16.8 Å². The number of rotatable bonds is 7. The molecule has 1 amide bonds. The Balaban J connectivity index is 1.67. The maximum absolute atomic E-state index is 12.1. The summed E-state index contributed by atoms with van der Waals surface area (Å²) in [5.74, 6) is -0.0370. The van der Waals surface area contributed by atoms with Gasteiger partial charge in [-0.15, -0.1) is 0 Å². The number of primary amides is 1. The van der Waals surface area contributed by atoms with Crippen LogP contribution in [-0.4, -0.2) is 64.6 Å². The summed E-state index contributed by atoms with van der Waals surface area (Å²) in [5, 5.41) is 3.18. The number of morpholine rings is 1. The molecular weight excluding hydrogens is 394 g/mol. The molecule has 3 heterocycles. The van der Waals surface area contributed by atoms with Crippen molar-refractivity contribution in [3.8, 4) is 11.3 Å². The van der Waals surface area contributed by atoms with E-state index < -0.39 is 5.91 Å². The summed E-state index contributed by atoms with van der Waals surface area (Å²) >= 11 is 0. The second-order valence-corrected chi connectivity index (χ2v) is 7.78. The van der Waals surface area contributed by atoms with E-state index in [1.54, 1.807) is 6.07 Å². The van der Waals surface area contributed by atoms with Gasteiger partial charge in [-0.1, -0.05) is 24.3 Å². The lowest BCUT2D eigenvalue weighted by atomic mass is 10.0. The Labute approximate surface area is 180 Å². The first-order chi connectivity index (χ1) is 15.0. The van der Waals surface area contributed by atoms with Gasteiger partial charge in [-0.05, 0) is 18.6 Å². The van der Waals surface area contributed by atoms with E-state index in [4.69, 9.17) is 21.2 Å². The third-order valence-electron chi connectivity index (χ3n) is 5.21. The Morgan fingerprint density at radius 2 is 1.94 bits per heavy atom. The smallest absolute Gasteiger partial charge is 0.251 e. The van der Waals surface area contributed by atoms with Gasteiger partial charge in [-0.2, -0.15) is 0 Å². The minimum Gasteiger partial charge on any atom is -0.379 e. The molecule has 1 atom stereocenters. The van der Waals surface area contributed by atoms with E-state index in [9.17, 15) is 4.79 Å². The molecular formula is C22H27N7O2. The number of ether oxygens (including phenoxy) is 1. The highest BCUT2D eigenvalue weighted by Gasteiger charge is 2.17. The van der Waals surface area contributed by atoms with Crippen LogP contribution in [0.4, 0.5) is 5.82 Å². The van der Waals surface area contributed by atoms with Crippen LogP contribution in [0.25, 0.3) is 22.3 Å². The highest BCUT2D eigenvalue weighted by molar-refractivity contribution is 6.06. The van der Waals surface area contributed by atoms with Crippen LogP contribution in [0.1, 0.15) is 22.8 Å². The average Bonchev–Trinajstić information content (AvgIpc) is 2.78. The van der Waals surface area contributed by atoms with Crippen molar-refractivity contribution in [1.29, 1.82) is 0 Å². The molecule has 0 bridgehead atoms. The zero-order chi connectivity index (χ0) is 21.8. The fourth-order valence-corrected chi connectivity index (χ4v) is 3.56. The Kier molecular flexibility index (Phi) is 6.36. The van der Waals surface area contributed by atoms with Crippen molar-refractivity contribution in [2.75, 3.05) is 38.2 Å². The van der Waals surface area contributed by atoms with Gasteiger partial charge in [0.25, 0.3) is 5.91 Å². The molecule has 1 aliphatic heterocycles. The third-order valence-corrected chi connectivity index (χ3v) is 5.21. The third kappa shape index (κ3) is 4.96. The number of nitrogens with zero attached hydrogens (tertiary/aromatic N) is 4. The molecule has 0 radical (unpaired) electrons. The first-order valence-corrected chi connectivity index (χ1v) is 10.4. The van der Waals surface area contributed by atoms with E-state index in [0.29, 0.717) is 34.7 Å². The molecule has 31 heavy (non-hydrogen) atoms. The lowest BCUT2D eigenvalue weighted by Gasteiger charge is -2.26. The number of fused-ring (bicyclic) bond motifs is 1. The van der Waals surface area contributed by atoms with E-state index in [0.717, 1.165) is 38.4 Å². The predicted molar refractivity (Wildman–Crippen MR) is 120 cm³/mol. The van der Waals surface area contributed by atoms with Gasteiger partial charge >= 0.3 is 0 Å². The molecule has 5 N–H and O–H groups in total. The van der Waals surface area contributed by atoms with Gasteiger partial charge in [-0.3, -0.25) is 9.69 Å². The van der Waals surface area contributed by atoms with Crippen LogP contribution in [0.2, 0.25) is 0 Å². The van der Waals surface area contributed by atoms with Crippen molar-refractivity contribution in [1.82, 2.24) is 19.9 Å². The van der Waals surface area contributed by atoms with Crippen molar-refractivity contribution >= 4 is 22.8 Å². The van der Waals surface area contributed by atoms with Crippen molar-refractivity contribution in [3.05, 3.63) is 47.8 Å². The number of anilines is 1. The monoisotopic (exact) mass is 421 g/mol. The van der Waals surface area contributed by atoms with Crippen LogP contribution in [0.5, 0.6) is 0 Å². The highest BCUT2D eigenvalue weighted by Crippen LogP contribution is 2.27. The number of aromatic nitrogens is 3. The molecule has 0 spiro atoms. The van der Waals surface area contributed by atoms with Crippen LogP contribution in [0.3, 0.4) is 0 Å². The summed E-state index contributed by atoms with van der Waals surface area (Å²) in [6.07, 6.45) is 1.39. The summed E-state index contributed by atoms with van der Waals surface area (Å²) in [5.41, 5.74) is 15.5. The number of pyridine rings is 1. The summed E-state index contributed by atoms with van der Waals surface area (Å²) < 4.78 is 5.41. The number of amides is 1. The van der Waals surface area contributed by atoms with Crippen LogP contribution in [-0.2, 0) is 11.3 Å². The minimum absolute atomic E-state index is 0.0668. The fraction of sp³-hybridized carbons (Fsp3) is 0.364. The van der Waals surface area contributed by atoms with Crippen LogP contribution >= 0.6 is 0 Å². The van der Waals surface area contributed by atoms with E-state index in [2.05, 4.69) is 32.3 Å². The zero-order valence-corrected chi connectivity index (χ0v) is 17.5. The molecule has 0 unspecified atom stereocenters. The lowest BCUT2D eigenvalue weighted by molar-refractivity contribution is 0.0342. The molecule has 9 heteroatoms. The molecule has 1 fully saturated rings. The van der Waals surface area contributed by atoms with E-state index in [1.807, 2.05) is 19.1 Å². The zero-order valence-electron chi connectivity index (χ0n) is 17.5. The predicted octanol–water partition coefficient (Wildman–Crippen LogP) is 1.38. The molecule has 1 saturated heterocycles. The van der Waals surface area contributed by atoms with Gasteiger partial charge < -0.3 is 21.5 Å². The number of carbonyl (C=O) groups is 1. The molecule has 4 rings (SSSR count). The van der Waals surface area contributed by atoms with Crippen LogP contribution in [0.15, 0.2) is 36.7 Å². The summed E-state index contributed by atoms with van der Waals surface area (Å²) in [6.45, 7) is 6.70. The maximum Gasteiger partial charge on any atom is 0.251 e. The number of carbonyl (C=O) groups excluding carboxylic acids is 1. The van der Waals surface area contributed by atoms with Crippen LogP contribution in [0, 0.1) is 0 Å². The standard InChI is InChI=1S/C22H27N7O2/c1-14(23)11-25-22-20-19(26-13-27-22)17(21(24)30)10-18(28-20)16-4-2-15(3-5-16)12-29-6-8-31-9-7-29/h2-5,10,13-14H,6-9,11-12,23H2,1H3,(H2,24,30)(H,25,26,27)/t14-/m1/s1. The summed E-state index contributed by atoms with van der Waals surface area (Å²) in [6, 6.07) is 9.79. The normalized spacial score (nSPS) is 15.7. The maximum atomic E-state index is 12.1. The molecule has 0 saturated carbocycles. The lowest BCUT2D eigenvalue weighted by Crippen LogP contribution is -2.35. The topological polar surface area (TPSA) is 132 Å². The second kappa shape index (κ2) is 9.34. The van der Waals surface area contributed by atoms with Gasteiger partial charge in [0.2, 0.25) is 0 Å². The Morgan fingerprint density at radius 1 is 1.19 bits per heavy atom. The molecule has 3 aromatic rings. The molecule has 9 nitrogen and oxygen atoms in total. The van der Waals surface area contributed by atoms with Crippen molar-refractivity contribution < 1.29 is 9.53 Å². The SMILES string of the molecule is C[C@@H](N)CNc1ncnc2c(C(N)=O)cc(-c3ccc(CN4CCOCC4)cc3)nc12. The number of benzene rings is 1. The van der Waals surface area contributed by atoms with Gasteiger partial charge in [0, 0.05) is 37.8 Å². The second-order valence-electron chi connectivity index (χ2n) is 7.78. The van der Waals surface area contributed by atoms with Gasteiger partial charge in [0.15, 0.2) is 5.82 Å². The van der Waals surface area contributed by atoms with Crippen molar-refractivity contribution in [2.24, 2.45) is 11.5 Å². The fourth-order valence-electron chi connectivity index (χ4n) is 3.56. The molecule has 0 aliphatic carbocycles.